The Bertz CT molecular complexity index is 499. The zero-order chi connectivity index (χ0) is 13.0. The smallest absolute Gasteiger partial charge is 0.227 e. The molecule has 0 aliphatic heterocycles. The first kappa shape index (κ1) is 12.8. The summed E-state index contributed by atoms with van der Waals surface area (Å²) in [5.41, 5.74) is 3.77. The van der Waals surface area contributed by atoms with Crippen LogP contribution in [0.3, 0.4) is 0 Å². The SMILES string of the molecule is CNCCc1nc(Cc2cc(C)cc(C)c2)no1. The molecule has 0 radical (unpaired) electrons. The second-order valence-electron chi connectivity index (χ2n) is 4.63. The molecule has 1 N–H and O–H groups in total. The summed E-state index contributed by atoms with van der Waals surface area (Å²) in [7, 11) is 1.91. The van der Waals surface area contributed by atoms with E-state index in [0.29, 0.717) is 5.89 Å². The first-order valence-corrected chi connectivity index (χ1v) is 6.20. The summed E-state index contributed by atoms with van der Waals surface area (Å²) in [6.45, 7) is 5.06. The molecular weight excluding hydrogens is 226 g/mol. The molecule has 0 saturated carbocycles. The van der Waals surface area contributed by atoms with Gasteiger partial charge in [-0.05, 0) is 26.5 Å². The number of benzene rings is 1. The van der Waals surface area contributed by atoms with Gasteiger partial charge in [0.15, 0.2) is 5.82 Å². The molecule has 0 bridgehead atoms. The lowest BCUT2D eigenvalue weighted by Gasteiger charge is -2.01. The summed E-state index contributed by atoms with van der Waals surface area (Å²) in [5.74, 6) is 1.45. The molecule has 0 saturated heterocycles. The minimum absolute atomic E-state index is 0.698. The molecule has 0 amide bonds. The van der Waals surface area contributed by atoms with Crippen molar-refractivity contribution in [3.63, 3.8) is 0 Å². The molecule has 0 unspecified atom stereocenters. The lowest BCUT2D eigenvalue weighted by Crippen LogP contribution is -2.10. The topological polar surface area (TPSA) is 51.0 Å². The number of nitrogens with zero attached hydrogens (tertiary/aromatic N) is 2. The Morgan fingerprint density at radius 2 is 1.89 bits per heavy atom. The molecule has 2 rings (SSSR count). The fourth-order valence-corrected chi connectivity index (χ4v) is 2.05. The van der Waals surface area contributed by atoms with Gasteiger partial charge >= 0.3 is 0 Å². The summed E-state index contributed by atoms with van der Waals surface area (Å²) < 4.78 is 5.20. The first-order valence-electron chi connectivity index (χ1n) is 6.20. The van der Waals surface area contributed by atoms with Crippen molar-refractivity contribution in [1.29, 1.82) is 0 Å². The highest BCUT2D eigenvalue weighted by Gasteiger charge is 2.07. The van der Waals surface area contributed by atoms with Crippen LogP contribution in [0.4, 0.5) is 0 Å². The number of hydrogen-bond donors (Lipinski definition) is 1. The second kappa shape index (κ2) is 5.78. The van der Waals surface area contributed by atoms with E-state index in [-0.39, 0.29) is 0 Å². The van der Waals surface area contributed by atoms with Crippen LogP contribution < -0.4 is 5.32 Å². The maximum atomic E-state index is 5.20. The normalized spacial score (nSPS) is 10.8. The van der Waals surface area contributed by atoms with Crippen molar-refractivity contribution in [2.45, 2.75) is 26.7 Å². The monoisotopic (exact) mass is 245 g/mol. The van der Waals surface area contributed by atoms with Crippen LogP contribution in [0.1, 0.15) is 28.4 Å². The van der Waals surface area contributed by atoms with Gasteiger partial charge in [0, 0.05) is 19.4 Å². The van der Waals surface area contributed by atoms with Crippen molar-refractivity contribution in [3.8, 4) is 0 Å². The van der Waals surface area contributed by atoms with Crippen molar-refractivity contribution in [3.05, 3.63) is 46.6 Å². The maximum Gasteiger partial charge on any atom is 0.227 e. The van der Waals surface area contributed by atoms with Crippen molar-refractivity contribution in [1.82, 2.24) is 15.5 Å². The summed E-state index contributed by atoms with van der Waals surface area (Å²) in [5, 5.41) is 7.07. The van der Waals surface area contributed by atoms with E-state index in [9.17, 15) is 0 Å². The van der Waals surface area contributed by atoms with E-state index in [1.165, 1.54) is 16.7 Å². The number of aromatic nitrogens is 2. The molecule has 1 heterocycles. The lowest BCUT2D eigenvalue weighted by atomic mass is 10.1. The van der Waals surface area contributed by atoms with Gasteiger partial charge in [-0.1, -0.05) is 34.5 Å². The van der Waals surface area contributed by atoms with Crippen molar-refractivity contribution >= 4 is 0 Å². The Labute approximate surface area is 107 Å². The van der Waals surface area contributed by atoms with Gasteiger partial charge in [0.1, 0.15) is 0 Å². The third-order valence-electron chi connectivity index (χ3n) is 2.74. The zero-order valence-electron chi connectivity index (χ0n) is 11.2. The molecule has 0 spiro atoms. The van der Waals surface area contributed by atoms with Crippen LogP contribution in [0.2, 0.25) is 0 Å². The fraction of sp³-hybridized carbons (Fsp3) is 0.429. The molecule has 1 aromatic heterocycles. The molecule has 96 valence electrons. The Balaban J connectivity index is 2.06. The summed E-state index contributed by atoms with van der Waals surface area (Å²) in [4.78, 5) is 4.38. The highest BCUT2D eigenvalue weighted by Crippen LogP contribution is 2.12. The molecule has 4 nitrogen and oxygen atoms in total. The summed E-state index contributed by atoms with van der Waals surface area (Å²) in [6, 6.07) is 6.49. The van der Waals surface area contributed by atoms with E-state index in [1.807, 2.05) is 7.05 Å². The molecule has 0 fully saturated rings. The first-order chi connectivity index (χ1) is 8.67. The van der Waals surface area contributed by atoms with Gasteiger partial charge in [-0.2, -0.15) is 4.98 Å². The zero-order valence-corrected chi connectivity index (χ0v) is 11.2. The van der Waals surface area contributed by atoms with Gasteiger partial charge in [0.05, 0.1) is 0 Å². The average Bonchev–Trinajstić information content (AvgIpc) is 2.72. The van der Waals surface area contributed by atoms with Crippen LogP contribution >= 0.6 is 0 Å². The maximum absolute atomic E-state index is 5.20. The van der Waals surface area contributed by atoms with Crippen molar-refractivity contribution in [2.24, 2.45) is 0 Å². The average molecular weight is 245 g/mol. The second-order valence-corrected chi connectivity index (χ2v) is 4.63. The van der Waals surface area contributed by atoms with Gasteiger partial charge in [0.2, 0.25) is 5.89 Å². The van der Waals surface area contributed by atoms with Crippen LogP contribution in [-0.4, -0.2) is 23.7 Å². The van der Waals surface area contributed by atoms with Gasteiger partial charge in [-0.15, -0.1) is 0 Å². The van der Waals surface area contributed by atoms with Crippen molar-refractivity contribution in [2.75, 3.05) is 13.6 Å². The number of aryl methyl sites for hydroxylation is 2. The number of hydrogen-bond acceptors (Lipinski definition) is 4. The van der Waals surface area contributed by atoms with E-state index >= 15 is 0 Å². The van der Waals surface area contributed by atoms with Crippen LogP contribution in [0, 0.1) is 13.8 Å². The third-order valence-corrected chi connectivity index (χ3v) is 2.74. The Morgan fingerprint density at radius 3 is 2.56 bits per heavy atom. The number of rotatable bonds is 5. The highest BCUT2D eigenvalue weighted by atomic mass is 16.5. The van der Waals surface area contributed by atoms with Crippen LogP contribution in [0.25, 0.3) is 0 Å². The molecule has 4 heteroatoms. The summed E-state index contributed by atoms with van der Waals surface area (Å²) >= 11 is 0. The standard InChI is InChI=1S/C14H19N3O/c1-10-6-11(2)8-12(7-10)9-13-16-14(18-17-13)4-5-15-3/h6-8,15H,4-5,9H2,1-3H3. The molecule has 0 aliphatic carbocycles. The van der Waals surface area contributed by atoms with Crippen molar-refractivity contribution < 1.29 is 4.52 Å². The predicted molar refractivity (Wildman–Crippen MR) is 70.7 cm³/mol. The van der Waals surface area contributed by atoms with Gasteiger partial charge in [0.25, 0.3) is 0 Å². The lowest BCUT2D eigenvalue weighted by molar-refractivity contribution is 0.372. The van der Waals surface area contributed by atoms with Crippen LogP contribution in [-0.2, 0) is 12.8 Å². The minimum Gasteiger partial charge on any atom is -0.339 e. The van der Waals surface area contributed by atoms with E-state index in [4.69, 9.17) is 4.52 Å². The van der Waals surface area contributed by atoms with E-state index in [2.05, 4.69) is 47.5 Å². The minimum atomic E-state index is 0.698. The van der Waals surface area contributed by atoms with Gasteiger partial charge < -0.3 is 9.84 Å². The van der Waals surface area contributed by atoms with Crippen LogP contribution in [0.15, 0.2) is 22.7 Å². The Morgan fingerprint density at radius 1 is 1.17 bits per heavy atom. The third kappa shape index (κ3) is 3.40. The number of likely N-dealkylation sites (N-methyl/N-ethyl adjacent to an activating group) is 1. The number of nitrogens with one attached hydrogen (secondary N) is 1. The molecular formula is C14H19N3O. The van der Waals surface area contributed by atoms with Crippen LogP contribution in [0.5, 0.6) is 0 Å². The molecule has 0 atom stereocenters. The fourth-order valence-electron chi connectivity index (χ4n) is 2.05. The summed E-state index contributed by atoms with van der Waals surface area (Å²) in [6.07, 6.45) is 1.50. The molecule has 1 aromatic carbocycles. The highest BCUT2D eigenvalue weighted by molar-refractivity contribution is 5.30. The molecule has 18 heavy (non-hydrogen) atoms. The quantitative estimate of drug-likeness (QED) is 0.875. The van der Waals surface area contributed by atoms with E-state index in [0.717, 1.165) is 25.2 Å². The Hall–Kier alpha value is -1.68. The predicted octanol–water partition coefficient (Wildman–Crippen LogP) is 2.04. The Kier molecular flexibility index (Phi) is 4.10. The van der Waals surface area contributed by atoms with E-state index in [1.54, 1.807) is 0 Å². The molecule has 2 aromatic rings. The molecule has 0 aliphatic rings. The largest absolute Gasteiger partial charge is 0.339 e. The van der Waals surface area contributed by atoms with E-state index < -0.39 is 0 Å². The van der Waals surface area contributed by atoms with Gasteiger partial charge in [-0.25, -0.2) is 0 Å². The van der Waals surface area contributed by atoms with Gasteiger partial charge in [-0.3, -0.25) is 0 Å².